The highest BCUT2D eigenvalue weighted by molar-refractivity contribution is 8.17. The van der Waals surface area contributed by atoms with Crippen LogP contribution in [-0.4, -0.2) is 55.7 Å². The predicted molar refractivity (Wildman–Crippen MR) is 134 cm³/mol. The van der Waals surface area contributed by atoms with Gasteiger partial charge in [-0.2, -0.15) is 0 Å². The van der Waals surface area contributed by atoms with Gasteiger partial charge in [-0.3, -0.25) is 9.59 Å². The first-order valence-corrected chi connectivity index (χ1v) is 12.9. The van der Waals surface area contributed by atoms with E-state index in [1.165, 1.54) is 4.90 Å². The molecule has 0 aliphatic carbocycles. The molecule has 0 aliphatic heterocycles. The predicted octanol–water partition coefficient (Wildman–Crippen LogP) is 3.12. The van der Waals surface area contributed by atoms with Crippen LogP contribution in [-0.2, 0) is 15.9 Å². The van der Waals surface area contributed by atoms with Crippen LogP contribution in [0.2, 0.25) is 0 Å². The number of amides is 1. The maximum atomic E-state index is 12.9. The molecule has 1 heterocycles. The molecule has 1 aromatic heterocycles. The Morgan fingerprint density at radius 1 is 1.32 bits per heavy atom. The molecule has 0 radical (unpaired) electrons. The molecular formula is C22H29N4O6PS. The highest BCUT2D eigenvalue weighted by atomic mass is 32.2. The summed E-state index contributed by atoms with van der Waals surface area (Å²) in [6.07, 6.45) is 5.47. The van der Waals surface area contributed by atoms with Crippen LogP contribution in [0.5, 0.6) is 5.75 Å². The summed E-state index contributed by atoms with van der Waals surface area (Å²) in [6.45, 7) is 5.75. The second-order valence-corrected chi connectivity index (χ2v) is 9.82. The molecule has 12 heteroatoms. The van der Waals surface area contributed by atoms with E-state index in [1.807, 2.05) is 6.92 Å². The molecule has 34 heavy (non-hydrogen) atoms. The van der Waals surface area contributed by atoms with E-state index in [0.717, 1.165) is 11.8 Å². The van der Waals surface area contributed by atoms with Crippen molar-refractivity contribution in [2.45, 2.75) is 33.7 Å². The summed E-state index contributed by atoms with van der Waals surface area (Å²) in [5, 5.41) is -0.259. The van der Waals surface area contributed by atoms with Gasteiger partial charge in [0.2, 0.25) is 19.1 Å². The second-order valence-electron chi connectivity index (χ2n) is 7.16. The van der Waals surface area contributed by atoms with Gasteiger partial charge >= 0.3 is 0 Å². The first-order valence-electron chi connectivity index (χ1n) is 10.3. The minimum atomic E-state index is -3.70. The number of rotatable bonds is 12. The van der Waals surface area contributed by atoms with E-state index >= 15 is 0 Å². The van der Waals surface area contributed by atoms with Crippen LogP contribution in [0.1, 0.15) is 42.0 Å². The quantitative estimate of drug-likeness (QED) is 0.288. The number of carbonyl (C=O) groups excluding carboxylic acids is 2. The number of aryl methyl sites for hydroxylation is 1. The third-order valence-corrected chi connectivity index (χ3v) is 6.33. The van der Waals surface area contributed by atoms with Gasteiger partial charge in [0.25, 0.3) is 0 Å². The summed E-state index contributed by atoms with van der Waals surface area (Å²) in [4.78, 5) is 53.8. The Morgan fingerprint density at radius 2 is 2.00 bits per heavy atom. The second kappa shape index (κ2) is 12.7. The number of allylic oxidation sites excluding steroid dienone is 1. The average Bonchev–Trinajstić information content (AvgIpc) is 2.77. The monoisotopic (exact) mass is 508 g/mol. The van der Waals surface area contributed by atoms with E-state index in [1.54, 1.807) is 44.3 Å². The number of nitrogens with two attached hydrogens (primary N) is 1. The van der Waals surface area contributed by atoms with E-state index in [0.29, 0.717) is 46.3 Å². The Labute approximate surface area is 203 Å². The van der Waals surface area contributed by atoms with Crippen LogP contribution in [0.3, 0.4) is 0 Å². The summed E-state index contributed by atoms with van der Waals surface area (Å²) in [7, 11) is -3.70. The third kappa shape index (κ3) is 8.58. The maximum absolute atomic E-state index is 12.9. The molecular weight excluding hydrogens is 479 g/mol. The number of ether oxygens (including phenoxy) is 1. The molecule has 0 fully saturated rings. The molecule has 184 valence electrons. The number of anilines is 1. The van der Waals surface area contributed by atoms with Crippen molar-refractivity contribution in [1.82, 2.24) is 14.9 Å². The fourth-order valence-corrected chi connectivity index (χ4v) is 4.14. The zero-order valence-corrected chi connectivity index (χ0v) is 21.0. The summed E-state index contributed by atoms with van der Waals surface area (Å²) in [5.41, 5.74) is 7.43. The summed E-state index contributed by atoms with van der Waals surface area (Å²) >= 11 is 0.922. The standard InChI is InChI=1S/C22H29N4O6PS/c1-5-31-19-8-6-17(7-9-19)22(28)34-20(10-11-32-33(4,29)30)15(2)26(14-27)13-18-12-24-16(3)25-21(18)23/h6-9,12,14,29-30H,4-5,10-11,13H2,1-3H3,(H2,23,24,25)/b20-15-. The number of nitrogen functional groups attached to an aromatic ring is 1. The molecule has 0 aliphatic rings. The lowest BCUT2D eigenvalue weighted by Crippen LogP contribution is -2.22. The molecule has 1 amide bonds. The van der Waals surface area contributed by atoms with Crippen molar-refractivity contribution >= 4 is 43.0 Å². The number of hydrogen-bond donors (Lipinski definition) is 3. The van der Waals surface area contributed by atoms with E-state index in [-0.39, 0.29) is 30.5 Å². The Bertz CT molecular complexity index is 1090. The summed E-state index contributed by atoms with van der Waals surface area (Å²) in [5.74, 6) is 1.41. The van der Waals surface area contributed by atoms with Crippen LogP contribution in [0.4, 0.5) is 5.82 Å². The smallest absolute Gasteiger partial charge is 0.245 e. The lowest BCUT2D eigenvalue weighted by molar-refractivity contribution is -0.116. The largest absolute Gasteiger partial charge is 0.494 e. The average molecular weight is 509 g/mol. The van der Waals surface area contributed by atoms with E-state index in [4.69, 9.17) is 15.0 Å². The number of aromatic nitrogens is 2. The number of benzene rings is 1. The number of carbonyl (C=O) groups is 2. The van der Waals surface area contributed by atoms with Crippen molar-refractivity contribution in [2.24, 2.45) is 0 Å². The molecule has 10 nitrogen and oxygen atoms in total. The Balaban J connectivity index is 2.30. The van der Waals surface area contributed by atoms with Gasteiger partial charge in [-0.05, 0) is 63.1 Å². The van der Waals surface area contributed by atoms with Crippen molar-refractivity contribution in [3.05, 3.63) is 58.0 Å². The molecule has 0 bridgehead atoms. The van der Waals surface area contributed by atoms with Gasteiger partial charge in [0.1, 0.15) is 17.4 Å². The molecule has 4 N–H and O–H groups in total. The topological polar surface area (TPSA) is 148 Å². The molecule has 0 unspecified atom stereocenters. The fourth-order valence-electron chi connectivity index (χ4n) is 2.83. The molecule has 0 atom stereocenters. The molecule has 2 rings (SSSR count). The molecule has 1 aromatic carbocycles. The van der Waals surface area contributed by atoms with Gasteiger partial charge in [0, 0.05) is 34.3 Å². The van der Waals surface area contributed by atoms with Crippen molar-refractivity contribution < 1.29 is 28.6 Å². The normalized spacial score (nSPS) is 12.1. The Morgan fingerprint density at radius 3 is 2.56 bits per heavy atom. The van der Waals surface area contributed by atoms with E-state index < -0.39 is 7.57 Å². The lowest BCUT2D eigenvalue weighted by Gasteiger charge is -2.22. The number of thioether (sulfide) groups is 1. The first-order chi connectivity index (χ1) is 16.0. The van der Waals surface area contributed by atoms with Gasteiger partial charge in [-0.1, -0.05) is 0 Å². The summed E-state index contributed by atoms with van der Waals surface area (Å²) < 4.78 is 10.4. The highest BCUT2D eigenvalue weighted by Crippen LogP contribution is 2.37. The van der Waals surface area contributed by atoms with Crippen LogP contribution in [0, 0.1) is 6.92 Å². The van der Waals surface area contributed by atoms with Crippen LogP contribution in [0.25, 0.3) is 0 Å². The molecule has 0 saturated heterocycles. The van der Waals surface area contributed by atoms with Gasteiger partial charge in [-0.15, -0.1) is 0 Å². The highest BCUT2D eigenvalue weighted by Gasteiger charge is 2.19. The van der Waals surface area contributed by atoms with Crippen LogP contribution < -0.4 is 10.5 Å². The minimum absolute atomic E-state index is 0.0931. The molecule has 0 spiro atoms. The summed E-state index contributed by atoms with van der Waals surface area (Å²) in [6, 6.07) is 6.71. The maximum Gasteiger partial charge on any atom is 0.245 e. The Hall–Kier alpha value is -2.69. The molecule has 2 aromatic rings. The lowest BCUT2D eigenvalue weighted by atomic mass is 10.2. The van der Waals surface area contributed by atoms with Crippen molar-refractivity contribution in [1.29, 1.82) is 0 Å². The number of nitrogens with zero attached hydrogens (tertiary/aromatic N) is 3. The fraction of sp³-hybridized carbons (Fsp3) is 0.318. The van der Waals surface area contributed by atoms with E-state index in [9.17, 15) is 19.4 Å². The van der Waals surface area contributed by atoms with Crippen molar-refractivity contribution in [3.63, 3.8) is 0 Å². The van der Waals surface area contributed by atoms with E-state index in [2.05, 4.69) is 16.3 Å². The molecule has 0 saturated carbocycles. The Kier molecular flexibility index (Phi) is 10.3. The van der Waals surface area contributed by atoms with Gasteiger partial charge in [0.15, 0.2) is 0 Å². The zero-order valence-electron chi connectivity index (χ0n) is 19.3. The minimum Gasteiger partial charge on any atom is -0.494 e. The first kappa shape index (κ1) is 27.6. The zero-order chi connectivity index (χ0) is 25.3. The third-order valence-electron chi connectivity index (χ3n) is 4.56. The van der Waals surface area contributed by atoms with Crippen molar-refractivity contribution in [2.75, 3.05) is 18.9 Å². The van der Waals surface area contributed by atoms with Crippen molar-refractivity contribution in [3.8, 4) is 5.75 Å². The van der Waals surface area contributed by atoms with Gasteiger partial charge < -0.3 is 29.7 Å². The van der Waals surface area contributed by atoms with Gasteiger partial charge in [-0.25, -0.2) is 9.97 Å². The van der Waals surface area contributed by atoms with Crippen LogP contribution in [0.15, 0.2) is 41.1 Å². The number of hydrogen-bond acceptors (Lipinski definition) is 10. The SMILES string of the molecule is C=P(O)(O)OCC/C(SC(=O)c1ccc(OCC)cc1)=C(\C)N(C=O)Cc1cnc(C)nc1N. The van der Waals surface area contributed by atoms with Gasteiger partial charge in [0.05, 0.1) is 19.8 Å². The van der Waals surface area contributed by atoms with Crippen LogP contribution >= 0.6 is 19.3 Å².